The van der Waals surface area contributed by atoms with Crippen LogP contribution in [0.3, 0.4) is 0 Å². The Morgan fingerprint density at radius 1 is 0.684 bits per heavy atom. The summed E-state index contributed by atoms with van der Waals surface area (Å²) in [7, 11) is 0. The molecule has 0 aromatic carbocycles. The predicted molar refractivity (Wildman–Crippen MR) is 66.9 cm³/mol. The van der Waals surface area contributed by atoms with Gasteiger partial charge in [0.05, 0.1) is 25.1 Å². The first-order valence-corrected chi connectivity index (χ1v) is 5.31. The third kappa shape index (κ3) is 6.48. The summed E-state index contributed by atoms with van der Waals surface area (Å²) in [5.41, 5.74) is 0. The zero-order valence-corrected chi connectivity index (χ0v) is 9.97. The van der Waals surface area contributed by atoms with Gasteiger partial charge in [-0.05, 0) is 36.4 Å². The smallest absolute Gasteiger partial charge is 0.185 e. The van der Waals surface area contributed by atoms with Gasteiger partial charge in [0.25, 0.3) is 0 Å². The van der Waals surface area contributed by atoms with Crippen LogP contribution < -0.4 is 0 Å². The Kier molecular flexibility index (Phi) is 6.92. The fourth-order valence-electron chi connectivity index (χ4n) is 0.943. The maximum atomic E-state index is 9.77. The molecule has 0 atom stereocenters. The molecule has 3 aromatic rings. The maximum Gasteiger partial charge on any atom is 0.185 e. The Hall–Kier alpha value is -2.82. The largest absolute Gasteiger partial charge is 0.473 e. The van der Waals surface area contributed by atoms with Crippen LogP contribution in [0.25, 0.3) is 0 Å². The Bertz CT molecular complexity index is 465. The van der Waals surface area contributed by atoms with Crippen LogP contribution in [-0.4, -0.2) is 12.6 Å². The van der Waals surface area contributed by atoms with Crippen molar-refractivity contribution >= 4 is 12.6 Å². The lowest BCUT2D eigenvalue weighted by molar-refractivity contribution is 0.109. The summed E-state index contributed by atoms with van der Waals surface area (Å²) in [5.74, 6) is 0.750. The molecule has 0 radical (unpaired) electrons. The predicted octanol–water partition coefficient (Wildman–Crippen LogP) is 3.46. The first-order valence-electron chi connectivity index (χ1n) is 5.31. The van der Waals surface area contributed by atoms with Crippen molar-refractivity contribution in [3.63, 3.8) is 0 Å². The van der Waals surface area contributed by atoms with Crippen molar-refractivity contribution in [3.05, 3.63) is 73.0 Å². The zero-order valence-electron chi connectivity index (χ0n) is 9.97. The van der Waals surface area contributed by atoms with Gasteiger partial charge in [-0.25, -0.2) is 0 Å². The van der Waals surface area contributed by atoms with Gasteiger partial charge in [-0.15, -0.1) is 0 Å². The monoisotopic (exact) mass is 260 g/mol. The molecule has 98 valence electrons. The van der Waals surface area contributed by atoms with Crippen LogP contribution >= 0.6 is 0 Å². The van der Waals surface area contributed by atoms with E-state index in [0.29, 0.717) is 24.1 Å². The minimum Gasteiger partial charge on any atom is -0.473 e. The zero-order chi connectivity index (χ0) is 13.8. The summed E-state index contributed by atoms with van der Waals surface area (Å²) in [6, 6.07) is 10.2. The molecule has 3 heterocycles. The molecule has 0 spiro atoms. The third-order valence-electron chi connectivity index (χ3n) is 1.74. The Morgan fingerprint density at radius 2 is 1.16 bits per heavy atom. The SMILES string of the molecule is O=Cc1ccco1.O=Cc1ccco1.c1ccoc1. The summed E-state index contributed by atoms with van der Waals surface area (Å²) in [6.45, 7) is 0. The fourth-order valence-corrected chi connectivity index (χ4v) is 0.943. The maximum absolute atomic E-state index is 9.77. The second kappa shape index (κ2) is 9.23. The molecule has 0 unspecified atom stereocenters. The topological polar surface area (TPSA) is 73.6 Å². The summed E-state index contributed by atoms with van der Waals surface area (Å²) in [6.07, 6.45) is 7.51. The number of rotatable bonds is 2. The van der Waals surface area contributed by atoms with E-state index in [4.69, 9.17) is 0 Å². The quantitative estimate of drug-likeness (QED) is 0.659. The van der Waals surface area contributed by atoms with Gasteiger partial charge in [0.2, 0.25) is 0 Å². The first kappa shape index (κ1) is 14.2. The lowest BCUT2D eigenvalue weighted by atomic mass is 10.5. The number of carbonyl (C=O) groups excluding carboxylic acids is 2. The molecule has 0 aliphatic heterocycles. The summed E-state index contributed by atoms with van der Waals surface area (Å²) in [4.78, 5) is 19.5. The van der Waals surface area contributed by atoms with Gasteiger partial charge in [0.15, 0.2) is 24.1 Å². The van der Waals surface area contributed by atoms with E-state index >= 15 is 0 Å². The van der Waals surface area contributed by atoms with E-state index < -0.39 is 0 Å². The highest BCUT2D eigenvalue weighted by molar-refractivity contribution is 5.70. The summed E-state index contributed by atoms with van der Waals surface area (Å²) >= 11 is 0. The standard InChI is InChI=1S/2C5H4O2.C4H4O/c2*6-4-5-2-1-3-7-5;1-2-4-5-3-1/h2*1-4H;1-4H. The van der Waals surface area contributed by atoms with Crippen molar-refractivity contribution < 1.29 is 22.8 Å². The van der Waals surface area contributed by atoms with Crippen molar-refractivity contribution in [2.75, 3.05) is 0 Å². The van der Waals surface area contributed by atoms with E-state index in [2.05, 4.69) is 13.3 Å². The molecule has 0 aliphatic rings. The van der Waals surface area contributed by atoms with E-state index in [9.17, 15) is 9.59 Å². The Balaban J connectivity index is 0.000000145. The molecular formula is C14H12O5. The van der Waals surface area contributed by atoms with Crippen LogP contribution in [0.2, 0.25) is 0 Å². The van der Waals surface area contributed by atoms with E-state index in [1.165, 1.54) is 12.5 Å². The second-order valence-electron chi connectivity index (χ2n) is 3.06. The highest BCUT2D eigenvalue weighted by atomic mass is 16.3. The van der Waals surface area contributed by atoms with Crippen LogP contribution in [0.4, 0.5) is 0 Å². The van der Waals surface area contributed by atoms with Crippen LogP contribution in [0, 0.1) is 0 Å². The van der Waals surface area contributed by atoms with Gasteiger partial charge in [-0.2, -0.15) is 0 Å². The summed E-state index contributed by atoms with van der Waals surface area (Å²) < 4.78 is 13.8. The normalized spacial score (nSPS) is 8.42. The number of carbonyl (C=O) groups is 2. The van der Waals surface area contributed by atoms with Crippen LogP contribution in [0.1, 0.15) is 21.1 Å². The second-order valence-corrected chi connectivity index (χ2v) is 3.06. The number of hydrogen-bond donors (Lipinski definition) is 0. The molecule has 19 heavy (non-hydrogen) atoms. The molecule has 3 aromatic heterocycles. The van der Waals surface area contributed by atoms with Gasteiger partial charge in [-0.1, -0.05) is 0 Å². The molecule has 0 bridgehead atoms. The van der Waals surface area contributed by atoms with E-state index in [-0.39, 0.29) is 0 Å². The average molecular weight is 260 g/mol. The highest BCUT2D eigenvalue weighted by Crippen LogP contribution is 1.93. The van der Waals surface area contributed by atoms with Crippen molar-refractivity contribution in [2.45, 2.75) is 0 Å². The Labute approximate surface area is 109 Å². The van der Waals surface area contributed by atoms with E-state index in [1.54, 1.807) is 36.8 Å². The molecular weight excluding hydrogens is 248 g/mol. The molecule has 0 N–H and O–H groups in total. The number of hydrogen-bond acceptors (Lipinski definition) is 5. The lowest BCUT2D eigenvalue weighted by Gasteiger charge is -1.68. The van der Waals surface area contributed by atoms with E-state index in [0.717, 1.165) is 0 Å². The number of furan rings is 3. The Morgan fingerprint density at radius 3 is 1.32 bits per heavy atom. The van der Waals surface area contributed by atoms with E-state index in [1.807, 2.05) is 12.1 Å². The minimum atomic E-state index is 0.375. The van der Waals surface area contributed by atoms with Crippen molar-refractivity contribution in [2.24, 2.45) is 0 Å². The van der Waals surface area contributed by atoms with Crippen LogP contribution in [-0.2, 0) is 0 Å². The molecule has 0 saturated carbocycles. The molecule has 5 heteroatoms. The van der Waals surface area contributed by atoms with Gasteiger partial charge in [0, 0.05) is 0 Å². The lowest BCUT2D eigenvalue weighted by Crippen LogP contribution is -1.65. The molecule has 3 rings (SSSR count). The minimum absolute atomic E-state index is 0.375. The molecule has 0 amide bonds. The average Bonchev–Trinajstić information content (AvgIpc) is 3.23. The third-order valence-corrected chi connectivity index (χ3v) is 1.74. The summed E-state index contributed by atoms with van der Waals surface area (Å²) in [5, 5.41) is 0. The van der Waals surface area contributed by atoms with Gasteiger partial charge in [0.1, 0.15) is 0 Å². The van der Waals surface area contributed by atoms with Gasteiger partial charge >= 0.3 is 0 Å². The molecule has 5 nitrogen and oxygen atoms in total. The van der Waals surface area contributed by atoms with Crippen molar-refractivity contribution in [1.82, 2.24) is 0 Å². The first-order chi connectivity index (χ1) is 9.36. The fraction of sp³-hybridized carbons (Fsp3) is 0. The molecule has 0 fully saturated rings. The van der Waals surface area contributed by atoms with Crippen molar-refractivity contribution in [1.29, 1.82) is 0 Å². The van der Waals surface area contributed by atoms with Gasteiger partial charge < -0.3 is 13.3 Å². The highest BCUT2D eigenvalue weighted by Gasteiger charge is 1.85. The van der Waals surface area contributed by atoms with Gasteiger partial charge in [-0.3, -0.25) is 9.59 Å². The van der Waals surface area contributed by atoms with Crippen LogP contribution in [0.15, 0.2) is 74.7 Å². The molecule has 0 aliphatic carbocycles. The number of aldehydes is 2. The van der Waals surface area contributed by atoms with Crippen molar-refractivity contribution in [3.8, 4) is 0 Å². The molecule has 0 saturated heterocycles. The van der Waals surface area contributed by atoms with Crippen LogP contribution in [0.5, 0.6) is 0 Å².